The molecule has 1 aliphatic carbocycles. The molecule has 1 saturated carbocycles. The van der Waals surface area contributed by atoms with Crippen LogP contribution in [0.2, 0.25) is 0 Å². The summed E-state index contributed by atoms with van der Waals surface area (Å²) in [5.41, 5.74) is 1.12. The number of carboxylic acid groups (broad SMARTS) is 1. The largest absolute Gasteiger partial charge is 0.481 e. The van der Waals surface area contributed by atoms with Gasteiger partial charge in [0, 0.05) is 17.8 Å². The van der Waals surface area contributed by atoms with Crippen molar-refractivity contribution >= 4 is 23.2 Å². The second kappa shape index (κ2) is 6.45. The zero-order valence-corrected chi connectivity index (χ0v) is 13.0. The van der Waals surface area contributed by atoms with Gasteiger partial charge in [-0.2, -0.15) is 0 Å². The fourth-order valence-electron chi connectivity index (χ4n) is 2.51. The van der Waals surface area contributed by atoms with Crippen LogP contribution >= 0.6 is 11.3 Å². The highest BCUT2D eigenvalue weighted by Crippen LogP contribution is 2.27. The first-order valence-corrected chi connectivity index (χ1v) is 8.12. The Balaban J connectivity index is 1.56. The fraction of sp³-hybridized carbons (Fsp3) is 0.312. The summed E-state index contributed by atoms with van der Waals surface area (Å²) in [5, 5.41) is 14.0. The van der Waals surface area contributed by atoms with Gasteiger partial charge in [0.05, 0.1) is 10.9 Å². The van der Waals surface area contributed by atoms with Crippen LogP contribution in [0.4, 0.5) is 4.39 Å². The molecule has 1 aromatic carbocycles. The van der Waals surface area contributed by atoms with E-state index in [0.717, 1.165) is 10.6 Å². The van der Waals surface area contributed by atoms with Gasteiger partial charge in [0.25, 0.3) is 5.91 Å². The van der Waals surface area contributed by atoms with Crippen LogP contribution in [-0.2, 0) is 11.2 Å². The van der Waals surface area contributed by atoms with Gasteiger partial charge >= 0.3 is 5.97 Å². The van der Waals surface area contributed by atoms with E-state index in [2.05, 4.69) is 10.3 Å². The van der Waals surface area contributed by atoms with Crippen molar-refractivity contribution < 1.29 is 19.1 Å². The van der Waals surface area contributed by atoms with Gasteiger partial charge in [-0.05, 0) is 30.5 Å². The number of thiazole rings is 1. The lowest BCUT2D eigenvalue weighted by atomic mass is 9.80. The molecule has 2 aromatic rings. The molecular weight excluding hydrogens is 319 g/mol. The van der Waals surface area contributed by atoms with Crippen LogP contribution in [0, 0.1) is 11.7 Å². The minimum absolute atomic E-state index is 0.100. The zero-order chi connectivity index (χ0) is 16.4. The van der Waals surface area contributed by atoms with Crippen LogP contribution in [0.3, 0.4) is 0 Å². The van der Waals surface area contributed by atoms with E-state index in [1.54, 1.807) is 11.4 Å². The summed E-state index contributed by atoms with van der Waals surface area (Å²) in [6.07, 6.45) is 1.39. The molecular formula is C16H15FN2O3S. The molecule has 1 aromatic heterocycles. The summed E-state index contributed by atoms with van der Waals surface area (Å²) in [4.78, 5) is 27.1. The van der Waals surface area contributed by atoms with Crippen molar-refractivity contribution in [3.8, 4) is 0 Å². The van der Waals surface area contributed by atoms with Crippen molar-refractivity contribution in [2.45, 2.75) is 25.3 Å². The predicted molar refractivity (Wildman–Crippen MR) is 82.9 cm³/mol. The first-order valence-electron chi connectivity index (χ1n) is 7.24. The predicted octanol–water partition coefficient (Wildman–Crippen LogP) is 2.47. The average molecular weight is 334 g/mol. The number of nitrogens with one attached hydrogen (secondary N) is 1. The Morgan fingerprint density at radius 1 is 1.39 bits per heavy atom. The third-order valence-corrected chi connectivity index (χ3v) is 4.70. The molecule has 120 valence electrons. The second-order valence-corrected chi connectivity index (χ2v) is 6.55. The lowest BCUT2D eigenvalue weighted by Crippen LogP contribution is -2.46. The Kier molecular flexibility index (Phi) is 4.38. The van der Waals surface area contributed by atoms with Crippen LogP contribution in [0.1, 0.15) is 33.9 Å². The van der Waals surface area contributed by atoms with E-state index >= 15 is 0 Å². The fourth-order valence-corrected chi connectivity index (χ4v) is 3.32. The normalized spacial score (nSPS) is 19.9. The molecule has 0 spiro atoms. The van der Waals surface area contributed by atoms with Crippen LogP contribution < -0.4 is 5.32 Å². The minimum atomic E-state index is -0.818. The molecule has 0 atom stereocenters. The van der Waals surface area contributed by atoms with E-state index < -0.39 is 5.97 Å². The van der Waals surface area contributed by atoms with Crippen LogP contribution in [0.15, 0.2) is 29.6 Å². The van der Waals surface area contributed by atoms with Gasteiger partial charge in [-0.3, -0.25) is 9.59 Å². The molecule has 0 saturated heterocycles. The molecule has 0 aliphatic heterocycles. The third-order valence-electron chi connectivity index (χ3n) is 3.85. The van der Waals surface area contributed by atoms with Crippen molar-refractivity contribution in [3.05, 3.63) is 51.7 Å². The quantitative estimate of drug-likeness (QED) is 0.880. The number of hydrogen-bond donors (Lipinski definition) is 2. The molecule has 0 unspecified atom stereocenters. The first-order chi connectivity index (χ1) is 11.0. The smallest absolute Gasteiger partial charge is 0.306 e. The lowest BCUT2D eigenvalue weighted by Gasteiger charge is -2.32. The Labute approximate surface area is 136 Å². The van der Waals surface area contributed by atoms with Gasteiger partial charge in [-0.1, -0.05) is 12.1 Å². The SMILES string of the molecule is O=C(NC1CC(C(=O)O)C1)c1csc(Cc2cccc(F)c2)n1. The van der Waals surface area contributed by atoms with Crippen LogP contribution in [0.25, 0.3) is 0 Å². The van der Waals surface area contributed by atoms with E-state index in [0.29, 0.717) is 25.0 Å². The number of aliphatic carboxylic acids is 1. The van der Waals surface area contributed by atoms with E-state index in [-0.39, 0.29) is 23.7 Å². The Bertz CT molecular complexity index is 740. The number of halogens is 1. The van der Waals surface area contributed by atoms with Gasteiger partial charge in [0.1, 0.15) is 11.5 Å². The molecule has 2 N–H and O–H groups in total. The van der Waals surface area contributed by atoms with E-state index in [1.807, 2.05) is 6.07 Å². The Morgan fingerprint density at radius 2 is 2.17 bits per heavy atom. The number of aromatic nitrogens is 1. The highest BCUT2D eigenvalue weighted by molar-refractivity contribution is 7.09. The van der Waals surface area contributed by atoms with Gasteiger partial charge in [0.15, 0.2) is 0 Å². The van der Waals surface area contributed by atoms with Crippen molar-refractivity contribution in [2.24, 2.45) is 5.92 Å². The maximum atomic E-state index is 13.2. The van der Waals surface area contributed by atoms with Crippen molar-refractivity contribution in [1.82, 2.24) is 10.3 Å². The molecule has 1 aliphatic rings. The summed E-state index contributed by atoms with van der Waals surface area (Å²) in [5.74, 6) is -1.77. The van der Waals surface area contributed by atoms with Crippen molar-refractivity contribution in [1.29, 1.82) is 0 Å². The number of benzene rings is 1. The van der Waals surface area contributed by atoms with Gasteiger partial charge in [-0.25, -0.2) is 9.37 Å². The number of hydrogen-bond acceptors (Lipinski definition) is 4. The van der Waals surface area contributed by atoms with E-state index in [1.165, 1.54) is 23.5 Å². The van der Waals surface area contributed by atoms with Crippen LogP contribution in [-0.4, -0.2) is 28.0 Å². The highest BCUT2D eigenvalue weighted by atomic mass is 32.1. The van der Waals surface area contributed by atoms with E-state index in [9.17, 15) is 14.0 Å². The number of nitrogens with zero attached hydrogens (tertiary/aromatic N) is 1. The monoisotopic (exact) mass is 334 g/mol. The summed E-state index contributed by atoms with van der Waals surface area (Å²) in [6, 6.07) is 6.18. The number of carboxylic acids is 1. The Hall–Kier alpha value is -2.28. The van der Waals surface area contributed by atoms with Crippen molar-refractivity contribution in [2.75, 3.05) is 0 Å². The summed E-state index contributed by atoms with van der Waals surface area (Å²) < 4.78 is 13.2. The summed E-state index contributed by atoms with van der Waals surface area (Å²) in [6.45, 7) is 0. The zero-order valence-electron chi connectivity index (χ0n) is 12.2. The maximum absolute atomic E-state index is 13.2. The molecule has 7 heteroatoms. The number of carbonyl (C=O) groups is 2. The van der Waals surface area contributed by atoms with Gasteiger partial charge in [-0.15, -0.1) is 11.3 Å². The summed E-state index contributed by atoms with van der Waals surface area (Å²) >= 11 is 1.35. The third kappa shape index (κ3) is 3.73. The van der Waals surface area contributed by atoms with Gasteiger partial charge in [0.2, 0.25) is 0 Å². The van der Waals surface area contributed by atoms with E-state index in [4.69, 9.17) is 5.11 Å². The molecule has 1 amide bonds. The molecule has 23 heavy (non-hydrogen) atoms. The second-order valence-electron chi connectivity index (χ2n) is 5.61. The Morgan fingerprint density at radius 3 is 2.87 bits per heavy atom. The lowest BCUT2D eigenvalue weighted by molar-refractivity contribution is -0.145. The molecule has 0 radical (unpaired) electrons. The maximum Gasteiger partial charge on any atom is 0.306 e. The molecule has 0 bridgehead atoms. The average Bonchev–Trinajstić information content (AvgIpc) is 2.90. The summed E-state index contributed by atoms with van der Waals surface area (Å²) in [7, 11) is 0. The number of carbonyl (C=O) groups excluding carboxylic acids is 1. The first kappa shape index (κ1) is 15.6. The minimum Gasteiger partial charge on any atom is -0.481 e. The molecule has 5 nitrogen and oxygen atoms in total. The highest BCUT2D eigenvalue weighted by Gasteiger charge is 2.35. The molecule has 1 fully saturated rings. The number of amides is 1. The molecule has 1 heterocycles. The van der Waals surface area contributed by atoms with Crippen LogP contribution in [0.5, 0.6) is 0 Å². The van der Waals surface area contributed by atoms with Gasteiger partial charge < -0.3 is 10.4 Å². The topological polar surface area (TPSA) is 79.3 Å². The number of rotatable bonds is 5. The van der Waals surface area contributed by atoms with Crippen molar-refractivity contribution in [3.63, 3.8) is 0 Å². The molecule has 3 rings (SSSR count). The standard InChI is InChI=1S/C16H15FN2O3S/c17-11-3-1-2-9(4-11)5-14-19-13(8-23-14)15(20)18-12-6-10(7-12)16(21)22/h1-4,8,10,12H,5-7H2,(H,18,20)(H,21,22).